The second-order valence-electron chi connectivity index (χ2n) is 15.1. The van der Waals surface area contributed by atoms with Gasteiger partial charge in [-0.15, -0.1) is 0 Å². The molecule has 2 aliphatic heterocycles. The van der Waals surface area contributed by atoms with Crippen molar-refractivity contribution in [1.82, 2.24) is 0 Å². The van der Waals surface area contributed by atoms with Crippen molar-refractivity contribution in [3.8, 4) is 0 Å². The highest BCUT2D eigenvalue weighted by Gasteiger charge is 2.88. The van der Waals surface area contributed by atoms with Gasteiger partial charge in [0.15, 0.2) is 17.3 Å². The van der Waals surface area contributed by atoms with E-state index in [2.05, 4.69) is 6.58 Å². The fourth-order valence-electron chi connectivity index (χ4n) is 9.82. The van der Waals surface area contributed by atoms with E-state index in [0.717, 1.165) is 6.92 Å². The predicted octanol–water partition coefficient (Wildman–Crippen LogP) is 3.73. The van der Waals surface area contributed by atoms with E-state index in [1.165, 1.54) is 52.0 Å². The minimum absolute atomic E-state index is 0.0168. The van der Waals surface area contributed by atoms with Crippen molar-refractivity contribution in [2.24, 2.45) is 23.7 Å². The highest BCUT2D eigenvalue weighted by molar-refractivity contribution is 5.90. The maximum atomic E-state index is 14.0. The molecule has 2 aromatic carbocycles. The Morgan fingerprint density at radius 1 is 0.698 bits per heavy atom. The van der Waals surface area contributed by atoms with Crippen LogP contribution >= 0.6 is 0 Å². The van der Waals surface area contributed by atoms with Crippen LogP contribution in [0.3, 0.4) is 0 Å². The van der Waals surface area contributed by atoms with E-state index in [4.69, 9.17) is 28.4 Å². The largest absolute Gasteiger partial charge is 0.459 e. The van der Waals surface area contributed by atoms with Gasteiger partial charge in [0.05, 0.1) is 22.6 Å². The molecule has 0 unspecified atom stereocenters. The predicted molar refractivity (Wildman–Crippen MR) is 185 cm³/mol. The first-order valence-corrected chi connectivity index (χ1v) is 17.7. The molecule has 2 bridgehead atoms. The van der Waals surface area contributed by atoms with Gasteiger partial charge in [-0.2, -0.15) is 0 Å². The van der Waals surface area contributed by atoms with Crippen LogP contribution in [0.4, 0.5) is 0 Å². The summed E-state index contributed by atoms with van der Waals surface area (Å²) in [5, 5.41) is 26.7. The van der Waals surface area contributed by atoms with E-state index in [1.54, 1.807) is 50.2 Å². The molecule has 0 aromatic heterocycles. The number of rotatable bonds is 8. The third-order valence-corrected chi connectivity index (χ3v) is 11.8. The van der Waals surface area contributed by atoms with Gasteiger partial charge in [-0.3, -0.25) is 14.4 Å². The maximum absolute atomic E-state index is 14.0. The summed E-state index contributed by atoms with van der Waals surface area (Å²) in [4.78, 5) is 66.4. The van der Waals surface area contributed by atoms with Gasteiger partial charge in [-0.05, 0) is 56.0 Å². The molecule has 13 nitrogen and oxygen atoms in total. The second kappa shape index (κ2) is 13.4. The van der Waals surface area contributed by atoms with E-state index < -0.39 is 106 Å². The van der Waals surface area contributed by atoms with E-state index in [9.17, 15) is 34.2 Å². The Balaban J connectivity index is 1.64. The monoisotopic (exact) mass is 734 g/mol. The van der Waals surface area contributed by atoms with Crippen LogP contribution in [-0.2, 0) is 42.8 Å². The number of carbonyl (C=O) groups excluding carboxylic acids is 5. The lowest BCUT2D eigenvalue weighted by atomic mass is 9.52. The summed E-state index contributed by atoms with van der Waals surface area (Å²) in [5.41, 5.74) is -7.83. The van der Waals surface area contributed by atoms with Gasteiger partial charge in [0.2, 0.25) is 0 Å². The summed E-state index contributed by atoms with van der Waals surface area (Å²) < 4.78 is 37.3. The number of carbonyl (C=O) groups is 5. The van der Waals surface area contributed by atoms with Crippen LogP contribution in [0.5, 0.6) is 0 Å². The number of aliphatic hydroxyl groups is 2. The highest BCUT2D eigenvalue weighted by Crippen LogP contribution is 2.71. The smallest absolute Gasteiger partial charge is 0.338 e. The molecular weight excluding hydrogens is 688 g/mol. The average Bonchev–Trinajstić information content (AvgIpc) is 3.33. The SMILES string of the molecule is C=C(C)[C@@]1(O)[C@H](OC(C)=O)[C@@H]2[C@H](OC(=O)c3ccccc3)[C@@]3(C)O[C@@]4([C@@H]3OC(C)=O)[C@@H](OC(C)=O)[C@@H](C)C[C@H]4[C@@]2(O)[C@H](C)[C@@H]1OC(=O)c1ccccc1. The minimum atomic E-state index is -2.39. The topological polar surface area (TPSA) is 181 Å². The lowest BCUT2D eigenvalue weighted by molar-refractivity contribution is -0.390. The van der Waals surface area contributed by atoms with Gasteiger partial charge in [-0.1, -0.05) is 56.8 Å². The van der Waals surface area contributed by atoms with Crippen molar-refractivity contribution in [2.45, 2.75) is 108 Å². The van der Waals surface area contributed by atoms with Crippen molar-refractivity contribution in [3.05, 3.63) is 83.9 Å². The first-order chi connectivity index (χ1) is 24.8. The molecule has 3 saturated carbocycles. The third-order valence-electron chi connectivity index (χ3n) is 11.8. The molecule has 13 heteroatoms. The molecule has 2 aromatic rings. The first kappa shape index (κ1) is 38.1. The van der Waals surface area contributed by atoms with Crippen LogP contribution in [0, 0.1) is 23.7 Å². The number of hydrogen-bond donors (Lipinski definition) is 2. The van der Waals surface area contributed by atoms with E-state index in [-0.39, 0.29) is 23.1 Å². The van der Waals surface area contributed by atoms with Crippen molar-refractivity contribution >= 4 is 29.8 Å². The summed E-state index contributed by atoms with van der Waals surface area (Å²) in [6.07, 6.45) is -7.32. The molecule has 5 fully saturated rings. The maximum Gasteiger partial charge on any atom is 0.338 e. The molecular formula is C40H46O13. The Morgan fingerprint density at radius 2 is 1.17 bits per heavy atom. The number of esters is 5. The molecule has 7 rings (SSSR count). The quantitative estimate of drug-likeness (QED) is 0.228. The highest BCUT2D eigenvalue weighted by atomic mass is 16.7. The van der Waals surface area contributed by atoms with Gasteiger partial charge < -0.3 is 38.6 Å². The van der Waals surface area contributed by atoms with Crippen LogP contribution in [0.15, 0.2) is 72.8 Å². The zero-order valence-corrected chi connectivity index (χ0v) is 30.8. The lowest BCUT2D eigenvalue weighted by Crippen LogP contribution is -2.80. The Labute approximate surface area is 307 Å². The van der Waals surface area contributed by atoms with Gasteiger partial charge in [0.25, 0.3) is 0 Å². The van der Waals surface area contributed by atoms with E-state index >= 15 is 0 Å². The molecule has 2 saturated heterocycles. The van der Waals surface area contributed by atoms with Gasteiger partial charge >= 0.3 is 29.8 Å². The number of ether oxygens (including phenoxy) is 6. The summed E-state index contributed by atoms with van der Waals surface area (Å²) >= 11 is 0. The van der Waals surface area contributed by atoms with Crippen molar-refractivity contribution in [3.63, 3.8) is 0 Å². The summed E-state index contributed by atoms with van der Waals surface area (Å²) in [5.74, 6) is -8.35. The Bertz CT molecular complexity index is 1810. The molecule has 284 valence electrons. The Kier molecular flexibility index (Phi) is 9.62. The molecule has 53 heavy (non-hydrogen) atoms. The van der Waals surface area contributed by atoms with E-state index in [1.807, 2.05) is 0 Å². The molecule has 5 aliphatic rings. The zero-order valence-electron chi connectivity index (χ0n) is 30.8. The fourth-order valence-corrected chi connectivity index (χ4v) is 9.82. The van der Waals surface area contributed by atoms with Crippen molar-refractivity contribution in [2.75, 3.05) is 0 Å². The minimum Gasteiger partial charge on any atom is -0.459 e. The fraction of sp³-hybridized carbons (Fsp3) is 0.525. The summed E-state index contributed by atoms with van der Waals surface area (Å²) in [6, 6.07) is 16.0. The van der Waals surface area contributed by atoms with Crippen LogP contribution in [0.25, 0.3) is 0 Å². The van der Waals surface area contributed by atoms with Crippen molar-refractivity contribution in [1.29, 1.82) is 0 Å². The van der Waals surface area contributed by atoms with Gasteiger partial charge in [-0.25, -0.2) is 9.59 Å². The van der Waals surface area contributed by atoms with Gasteiger partial charge in [0.1, 0.15) is 30.0 Å². The molecule has 13 atom stereocenters. The van der Waals surface area contributed by atoms with Crippen LogP contribution in [-0.4, -0.2) is 93.0 Å². The van der Waals surface area contributed by atoms with Crippen LogP contribution < -0.4 is 0 Å². The average molecular weight is 735 g/mol. The molecule has 0 amide bonds. The Morgan fingerprint density at radius 3 is 1.64 bits per heavy atom. The van der Waals surface area contributed by atoms with Crippen LogP contribution in [0.2, 0.25) is 0 Å². The standard InChI is InChI=1S/C40H46O13/c1-20(2)38(46)31(51-34(44)26-15-11-9-12-16-26)22(4)39(47)28-19-21(3)30(48-23(5)41)40(28)36(50-25(7)43)37(8,53-40)32(29(39)33(38)49-24(6)42)52-35(45)27-17-13-10-14-18-27/h9-18,21-22,28-33,36,46-47H,1,19H2,2-8H3/t21-,22+,28-,29-,30-,31-,32-,33+,36+,37+,38-,39-,40+/m0/s1. The Hall–Kier alpha value is -4.59. The summed E-state index contributed by atoms with van der Waals surface area (Å²) in [7, 11) is 0. The molecule has 2 N–H and O–H groups in total. The normalized spacial score (nSPS) is 39.5. The molecule has 1 spiro atoms. The van der Waals surface area contributed by atoms with E-state index in [0.29, 0.717) is 0 Å². The zero-order chi connectivity index (χ0) is 38.8. The molecule has 3 aliphatic carbocycles. The summed E-state index contributed by atoms with van der Waals surface area (Å²) in [6.45, 7) is 13.9. The second-order valence-corrected chi connectivity index (χ2v) is 15.1. The lowest BCUT2D eigenvalue weighted by Gasteiger charge is -2.62. The number of benzene rings is 2. The first-order valence-electron chi connectivity index (χ1n) is 17.7. The molecule has 0 radical (unpaired) electrons. The van der Waals surface area contributed by atoms with Crippen LogP contribution in [0.1, 0.15) is 75.6 Å². The van der Waals surface area contributed by atoms with Crippen molar-refractivity contribution < 1.29 is 62.6 Å². The van der Waals surface area contributed by atoms with Gasteiger partial charge in [0, 0.05) is 32.6 Å². The number of hydrogen-bond acceptors (Lipinski definition) is 13. The molecule has 2 heterocycles. The third kappa shape index (κ3) is 5.66.